The van der Waals surface area contributed by atoms with E-state index in [0.717, 1.165) is 18.3 Å². The van der Waals surface area contributed by atoms with Crippen molar-refractivity contribution in [2.75, 3.05) is 11.9 Å². The SMILES string of the molecule is O=C(O)C(F)(F)F.OCC1=CC(c2ccccn2)(C(F)(F)F)Nc2c1cccc2C(F)(F)F. The summed E-state index contributed by atoms with van der Waals surface area (Å²) in [6, 6.07) is 6.74. The van der Waals surface area contributed by atoms with Gasteiger partial charge in [-0.1, -0.05) is 18.2 Å². The minimum atomic E-state index is -5.08. The molecule has 1 aromatic carbocycles. The fraction of sp³-hybridized carbons (Fsp3) is 0.263. The average molecular weight is 488 g/mol. The van der Waals surface area contributed by atoms with E-state index < -0.39 is 53.6 Å². The average Bonchev–Trinajstić information content (AvgIpc) is 2.71. The second kappa shape index (κ2) is 8.92. The summed E-state index contributed by atoms with van der Waals surface area (Å²) in [4.78, 5) is 12.6. The van der Waals surface area contributed by atoms with Crippen LogP contribution in [0.1, 0.15) is 16.8 Å². The van der Waals surface area contributed by atoms with Crippen LogP contribution in [0, 0.1) is 0 Å². The molecule has 0 amide bonds. The van der Waals surface area contributed by atoms with E-state index in [9.17, 15) is 44.6 Å². The van der Waals surface area contributed by atoms with Gasteiger partial charge in [-0.15, -0.1) is 0 Å². The molecule has 33 heavy (non-hydrogen) atoms. The highest BCUT2D eigenvalue weighted by Gasteiger charge is 2.58. The largest absolute Gasteiger partial charge is 0.490 e. The lowest BCUT2D eigenvalue weighted by atomic mass is 9.83. The summed E-state index contributed by atoms with van der Waals surface area (Å²) < 4.78 is 114. The lowest BCUT2D eigenvalue weighted by Gasteiger charge is -2.39. The monoisotopic (exact) mass is 488 g/mol. The van der Waals surface area contributed by atoms with Crippen LogP contribution >= 0.6 is 0 Å². The minimum Gasteiger partial charge on any atom is -0.475 e. The molecule has 2 heterocycles. The highest BCUT2D eigenvalue weighted by atomic mass is 19.4. The third-order valence-electron chi connectivity index (χ3n) is 4.36. The van der Waals surface area contributed by atoms with Gasteiger partial charge in [-0.3, -0.25) is 4.98 Å². The van der Waals surface area contributed by atoms with Crippen LogP contribution in [0.2, 0.25) is 0 Å². The van der Waals surface area contributed by atoms with Crippen LogP contribution in [-0.4, -0.2) is 40.1 Å². The minimum absolute atomic E-state index is 0.141. The summed E-state index contributed by atoms with van der Waals surface area (Å²) in [6.45, 7) is -0.860. The Hall–Kier alpha value is -3.29. The number of para-hydroxylation sites is 1. The molecular weight excluding hydrogens is 475 g/mol. The molecule has 0 fully saturated rings. The number of anilines is 1. The van der Waals surface area contributed by atoms with Crippen LogP contribution in [0.25, 0.3) is 5.57 Å². The first-order chi connectivity index (χ1) is 15.0. The molecule has 14 heteroatoms. The number of rotatable bonds is 2. The number of carboxylic acid groups (broad SMARTS) is 1. The summed E-state index contributed by atoms with van der Waals surface area (Å²) in [5.74, 6) is -2.76. The van der Waals surface area contributed by atoms with Gasteiger partial charge < -0.3 is 15.5 Å². The number of benzene rings is 1. The van der Waals surface area contributed by atoms with Gasteiger partial charge in [0, 0.05) is 11.8 Å². The maximum Gasteiger partial charge on any atom is 0.490 e. The van der Waals surface area contributed by atoms with Crippen LogP contribution in [0.15, 0.2) is 48.7 Å². The van der Waals surface area contributed by atoms with Gasteiger partial charge >= 0.3 is 24.5 Å². The van der Waals surface area contributed by atoms with Crippen LogP contribution < -0.4 is 5.32 Å². The number of nitrogens with zero attached hydrogens (tertiary/aromatic N) is 1. The van der Waals surface area contributed by atoms with Crippen molar-refractivity contribution in [3.05, 3.63) is 65.5 Å². The summed E-state index contributed by atoms with van der Waals surface area (Å²) in [5, 5.41) is 18.6. The van der Waals surface area contributed by atoms with E-state index in [1.807, 2.05) is 5.32 Å². The first kappa shape index (κ1) is 26.0. The van der Waals surface area contributed by atoms with E-state index in [1.54, 1.807) is 0 Å². The van der Waals surface area contributed by atoms with Gasteiger partial charge in [0.2, 0.25) is 0 Å². The van der Waals surface area contributed by atoms with Crippen molar-refractivity contribution in [1.82, 2.24) is 4.98 Å². The van der Waals surface area contributed by atoms with E-state index in [4.69, 9.17) is 9.90 Å². The van der Waals surface area contributed by atoms with Crippen molar-refractivity contribution in [3.8, 4) is 0 Å². The highest BCUT2D eigenvalue weighted by Crippen LogP contribution is 2.50. The normalized spacial score (nSPS) is 18.3. The van der Waals surface area contributed by atoms with E-state index in [0.29, 0.717) is 12.1 Å². The molecule has 1 aromatic heterocycles. The van der Waals surface area contributed by atoms with Crippen LogP contribution in [-0.2, 0) is 16.5 Å². The van der Waals surface area contributed by atoms with Crippen molar-refractivity contribution in [2.24, 2.45) is 0 Å². The Kier molecular flexibility index (Phi) is 7.02. The maximum atomic E-state index is 14.0. The molecule has 3 N–H and O–H groups in total. The fourth-order valence-electron chi connectivity index (χ4n) is 2.93. The molecule has 1 atom stereocenters. The molecule has 1 aliphatic rings. The second-order valence-corrected chi connectivity index (χ2v) is 6.50. The predicted octanol–water partition coefficient (Wildman–Crippen LogP) is 4.99. The van der Waals surface area contributed by atoms with Gasteiger partial charge in [0.25, 0.3) is 0 Å². The molecule has 5 nitrogen and oxygen atoms in total. The number of carbonyl (C=O) groups is 1. The molecule has 1 unspecified atom stereocenters. The number of fused-ring (bicyclic) bond motifs is 1. The molecule has 0 saturated carbocycles. The molecule has 3 rings (SSSR count). The Morgan fingerprint density at radius 2 is 1.58 bits per heavy atom. The lowest BCUT2D eigenvalue weighted by Crippen LogP contribution is -2.50. The Morgan fingerprint density at radius 3 is 2.00 bits per heavy atom. The molecule has 0 bridgehead atoms. The molecule has 180 valence electrons. The van der Waals surface area contributed by atoms with Crippen molar-refractivity contribution in [3.63, 3.8) is 0 Å². The highest BCUT2D eigenvalue weighted by molar-refractivity contribution is 5.84. The van der Waals surface area contributed by atoms with E-state index in [1.165, 1.54) is 18.2 Å². The Balaban J connectivity index is 0.000000479. The number of hydrogen-bond donors (Lipinski definition) is 3. The second-order valence-electron chi connectivity index (χ2n) is 6.50. The first-order valence-corrected chi connectivity index (χ1v) is 8.64. The zero-order valence-corrected chi connectivity index (χ0v) is 16.0. The number of aromatic nitrogens is 1. The molecule has 0 aliphatic carbocycles. The van der Waals surface area contributed by atoms with Gasteiger partial charge in [-0.25, -0.2) is 4.79 Å². The van der Waals surface area contributed by atoms with E-state index in [2.05, 4.69) is 4.98 Å². The summed E-state index contributed by atoms with van der Waals surface area (Å²) in [6.07, 6.45) is -13.2. The number of nitrogens with one attached hydrogen (secondary N) is 1. The van der Waals surface area contributed by atoms with Crippen LogP contribution in [0.5, 0.6) is 0 Å². The number of aliphatic hydroxyl groups is 1. The third kappa shape index (κ3) is 5.38. The van der Waals surface area contributed by atoms with Crippen LogP contribution in [0.3, 0.4) is 0 Å². The number of aliphatic hydroxyl groups excluding tert-OH is 1. The fourth-order valence-corrected chi connectivity index (χ4v) is 2.93. The standard InChI is InChI=1S/C17H12F6N2O.C2HF3O2/c18-16(19,20)12-5-3-4-11-10(9-26)8-15(17(21,22)23,25-14(11)12)13-6-1-2-7-24-13;3-2(4,5)1(6)7/h1-8,25-26H,9H2;(H,6,7). The van der Waals surface area contributed by atoms with Gasteiger partial charge in [0.1, 0.15) is 0 Å². The summed E-state index contributed by atoms with van der Waals surface area (Å²) in [7, 11) is 0. The number of pyridine rings is 1. The smallest absolute Gasteiger partial charge is 0.475 e. The number of halogens is 9. The van der Waals surface area contributed by atoms with Gasteiger partial charge in [0.05, 0.1) is 23.6 Å². The predicted molar refractivity (Wildman–Crippen MR) is 95.8 cm³/mol. The number of hydrogen-bond acceptors (Lipinski definition) is 4. The third-order valence-corrected chi connectivity index (χ3v) is 4.36. The Morgan fingerprint density at radius 1 is 0.970 bits per heavy atom. The molecular formula is C19H13F9N2O3. The first-order valence-electron chi connectivity index (χ1n) is 8.64. The summed E-state index contributed by atoms with van der Waals surface area (Å²) >= 11 is 0. The van der Waals surface area contributed by atoms with Crippen molar-refractivity contribution < 1.29 is 54.5 Å². The Bertz CT molecular complexity index is 1030. The van der Waals surface area contributed by atoms with Crippen LogP contribution in [0.4, 0.5) is 45.2 Å². The van der Waals surface area contributed by atoms with Gasteiger partial charge in [0.15, 0.2) is 5.54 Å². The molecule has 0 radical (unpaired) electrons. The molecule has 0 spiro atoms. The van der Waals surface area contributed by atoms with E-state index >= 15 is 0 Å². The number of carboxylic acids is 1. The Labute approximate surface area is 179 Å². The number of alkyl halides is 9. The van der Waals surface area contributed by atoms with Crippen molar-refractivity contribution in [1.29, 1.82) is 0 Å². The topological polar surface area (TPSA) is 82.5 Å². The molecule has 0 saturated heterocycles. The van der Waals surface area contributed by atoms with Crippen molar-refractivity contribution in [2.45, 2.75) is 24.1 Å². The van der Waals surface area contributed by atoms with E-state index in [-0.39, 0.29) is 11.1 Å². The number of aliphatic carboxylic acids is 1. The molecule has 1 aliphatic heterocycles. The lowest BCUT2D eigenvalue weighted by molar-refractivity contribution is -0.192. The quantitative estimate of drug-likeness (QED) is 0.519. The maximum absolute atomic E-state index is 14.0. The molecule has 2 aromatic rings. The summed E-state index contributed by atoms with van der Waals surface area (Å²) in [5.41, 5.74) is -5.93. The van der Waals surface area contributed by atoms with Gasteiger partial charge in [-0.05, 0) is 29.8 Å². The zero-order valence-electron chi connectivity index (χ0n) is 16.0. The van der Waals surface area contributed by atoms with Gasteiger partial charge in [-0.2, -0.15) is 39.5 Å². The zero-order chi connectivity index (χ0) is 25.2. The van der Waals surface area contributed by atoms with Crippen molar-refractivity contribution >= 4 is 17.2 Å².